The molecule has 0 saturated heterocycles. The number of aryl methyl sites for hydroxylation is 2. The molecule has 21 heavy (non-hydrogen) atoms. The van der Waals surface area contributed by atoms with Crippen LogP contribution in [-0.4, -0.2) is 4.98 Å². The van der Waals surface area contributed by atoms with Crippen LogP contribution in [-0.2, 0) is 12.8 Å². The van der Waals surface area contributed by atoms with Crippen LogP contribution in [0, 0.1) is 0 Å². The topological polar surface area (TPSA) is 15.8 Å². The normalized spacial score (nSPS) is 13.3. The molecule has 4 aromatic rings. The molecule has 0 bridgehead atoms. The number of aromatic amines is 1. The molecule has 0 spiro atoms. The predicted octanol–water partition coefficient (Wildman–Crippen LogP) is 5.09. The SMILES string of the molecule is c1ccc(-c2cc3cc4c5c(cccc5c3[nH]2)CC4)cc1. The van der Waals surface area contributed by atoms with Crippen LogP contribution in [0.4, 0.5) is 0 Å². The van der Waals surface area contributed by atoms with Gasteiger partial charge in [-0.15, -0.1) is 0 Å². The summed E-state index contributed by atoms with van der Waals surface area (Å²) >= 11 is 0. The maximum atomic E-state index is 3.64. The van der Waals surface area contributed by atoms with Crippen molar-refractivity contribution in [1.29, 1.82) is 0 Å². The minimum absolute atomic E-state index is 1.18. The van der Waals surface area contributed by atoms with Crippen LogP contribution in [0.3, 0.4) is 0 Å². The number of rotatable bonds is 1. The molecule has 100 valence electrons. The fourth-order valence-electron chi connectivity index (χ4n) is 3.70. The van der Waals surface area contributed by atoms with E-state index in [9.17, 15) is 0 Å². The maximum absolute atomic E-state index is 3.64. The largest absolute Gasteiger partial charge is 0.354 e. The van der Waals surface area contributed by atoms with Crippen molar-refractivity contribution in [2.24, 2.45) is 0 Å². The van der Waals surface area contributed by atoms with Crippen LogP contribution in [0.5, 0.6) is 0 Å². The van der Waals surface area contributed by atoms with E-state index in [1.807, 2.05) is 0 Å². The van der Waals surface area contributed by atoms with Crippen molar-refractivity contribution in [3.8, 4) is 11.3 Å². The van der Waals surface area contributed by atoms with E-state index in [0.29, 0.717) is 0 Å². The smallest absolute Gasteiger partial charge is 0.0538 e. The standard InChI is InChI=1S/C20H15N/c1-2-5-13(6-3-1)18-12-16-11-15-10-9-14-7-4-8-17(19(14)15)20(16)21-18/h1-8,11-12,21H,9-10H2. The summed E-state index contributed by atoms with van der Waals surface area (Å²) in [7, 11) is 0. The van der Waals surface area contributed by atoms with Gasteiger partial charge in [-0.3, -0.25) is 0 Å². The maximum Gasteiger partial charge on any atom is 0.0538 e. The van der Waals surface area contributed by atoms with E-state index in [2.05, 4.69) is 65.6 Å². The number of H-pyrrole nitrogens is 1. The number of hydrogen-bond acceptors (Lipinski definition) is 0. The average Bonchev–Trinajstić information content (AvgIpc) is 3.14. The molecule has 0 unspecified atom stereocenters. The molecular formula is C20H15N. The molecule has 0 fully saturated rings. The molecule has 1 aliphatic rings. The third-order valence-corrected chi connectivity index (χ3v) is 4.67. The van der Waals surface area contributed by atoms with Gasteiger partial charge in [-0.2, -0.15) is 0 Å². The quantitative estimate of drug-likeness (QED) is 0.495. The fraction of sp³-hybridized carbons (Fsp3) is 0.100. The Morgan fingerprint density at radius 3 is 2.52 bits per heavy atom. The Morgan fingerprint density at radius 1 is 0.762 bits per heavy atom. The van der Waals surface area contributed by atoms with E-state index >= 15 is 0 Å². The first kappa shape index (κ1) is 11.2. The van der Waals surface area contributed by atoms with Crippen molar-refractivity contribution < 1.29 is 0 Å². The zero-order valence-electron chi connectivity index (χ0n) is 11.7. The lowest BCUT2D eigenvalue weighted by Gasteiger charge is -2.03. The van der Waals surface area contributed by atoms with E-state index in [-0.39, 0.29) is 0 Å². The lowest BCUT2D eigenvalue weighted by molar-refractivity contribution is 1.03. The third-order valence-electron chi connectivity index (χ3n) is 4.67. The lowest BCUT2D eigenvalue weighted by Crippen LogP contribution is -1.81. The third kappa shape index (κ3) is 1.52. The van der Waals surface area contributed by atoms with E-state index in [1.165, 1.54) is 56.9 Å². The van der Waals surface area contributed by atoms with Crippen LogP contribution in [0.15, 0.2) is 60.7 Å². The zero-order chi connectivity index (χ0) is 13.8. The van der Waals surface area contributed by atoms with Crippen molar-refractivity contribution in [3.63, 3.8) is 0 Å². The molecule has 1 aromatic heterocycles. The second kappa shape index (κ2) is 3.98. The van der Waals surface area contributed by atoms with Gasteiger partial charge >= 0.3 is 0 Å². The molecule has 3 aromatic carbocycles. The number of benzene rings is 3. The molecule has 1 N–H and O–H groups in total. The Labute approximate surface area is 123 Å². The summed E-state index contributed by atoms with van der Waals surface area (Å²) in [6.45, 7) is 0. The molecule has 0 radical (unpaired) electrons. The second-order valence-electron chi connectivity index (χ2n) is 5.89. The van der Waals surface area contributed by atoms with Gasteiger partial charge in [0.1, 0.15) is 0 Å². The van der Waals surface area contributed by atoms with Crippen LogP contribution < -0.4 is 0 Å². The van der Waals surface area contributed by atoms with E-state index in [1.54, 1.807) is 0 Å². The summed E-state index contributed by atoms with van der Waals surface area (Å²) < 4.78 is 0. The fourth-order valence-corrected chi connectivity index (χ4v) is 3.70. The molecule has 0 atom stereocenters. The Morgan fingerprint density at radius 2 is 1.62 bits per heavy atom. The summed E-state index contributed by atoms with van der Waals surface area (Å²) in [5.41, 5.74) is 6.73. The van der Waals surface area contributed by atoms with Gasteiger partial charge in [-0.1, -0.05) is 48.5 Å². The average molecular weight is 269 g/mol. The summed E-state index contributed by atoms with van der Waals surface area (Å²) in [4.78, 5) is 3.64. The van der Waals surface area contributed by atoms with Gasteiger partial charge in [-0.05, 0) is 47.1 Å². The van der Waals surface area contributed by atoms with E-state index in [4.69, 9.17) is 0 Å². The predicted molar refractivity (Wildman–Crippen MR) is 88.6 cm³/mol. The molecule has 1 nitrogen and oxygen atoms in total. The molecule has 0 aliphatic heterocycles. The van der Waals surface area contributed by atoms with Crippen LogP contribution in [0.25, 0.3) is 32.9 Å². The van der Waals surface area contributed by atoms with Crippen molar-refractivity contribution in [2.45, 2.75) is 12.8 Å². The Kier molecular flexibility index (Phi) is 2.12. The van der Waals surface area contributed by atoms with Crippen LogP contribution in [0.2, 0.25) is 0 Å². The summed E-state index contributed by atoms with van der Waals surface area (Å²) in [6, 6.07) is 21.9. The highest BCUT2D eigenvalue weighted by Gasteiger charge is 2.17. The minimum atomic E-state index is 1.18. The second-order valence-corrected chi connectivity index (χ2v) is 5.89. The number of hydrogen-bond donors (Lipinski definition) is 1. The minimum Gasteiger partial charge on any atom is -0.354 e. The Hall–Kier alpha value is -2.54. The molecule has 1 heteroatoms. The molecular weight excluding hydrogens is 254 g/mol. The van der Waals surface area contributed by atoms with Crippen LogP contribution >= 0.6 is 0 Å². The highest BCUT2D eigenvalue weighted by Crippen LogP contribution is 2.37. The van der Waals surface area contributed by atoms with Gasteiger partial charge < -0.3 is 4.98 Å². The van der Waals surface area contributed by atoms with Gasteiger partial charge in [0, 0.05) is 16.5 Å². The highest BCUT2D eigenvalue weighted by atomic mass is 14.7. The first-order valence-electron chi connectivity index (χ1n) is 7.52. The summed E-state index contributed by atoms with van der Waals surface area (Å²) in [6.07, 6.45) is 2.36. The number of nitrogens with one attached hydrogen (secondary N) is 1. The molecule has 0 amide bonds. The number of aromatic nitrogens is 1. The van der Waals surface area contributed by atoms with Crippen molar-refractivity contribution in [3.05, 3.63) is 71.8 Å². The Balaban J connectivity index is 1.88. The molecule has 5 rings (SSSR count). The van der Waals surface area contributed by atoms with Crippen molar-refractivity contribution >= 4 is 21.7 Å². The van der Waals surface area contributed by atoms with Crippen LogP contribution in [0.1, 0.15) is 11.1 Å². The van der Waals surface area contributed by atoms with Gasteiger partial charge in [0.2, 0.25) is 0 Å². The number of fused-ring (bicyclic) bond motifs is 2. The molecule has 1 heterocycles. The monoisotopic (exact) mass is 269 g/mol. The van der Waals surface area contributed by atoms with Crippen molar-refractivity contribution in [2.75, 3.05) is 0 Å². The van der Waals surface area contributed by atoms with Gasteiger partial charge in [0.25, 0.3) is 0 Å². The summed E-state index contributed by atoms with van der Waals surface area (Å²) in [5, 5.41) is 4.18. The lowest BCUT2D eigenvalue weighted by atomic mass is 10.0. The highest BCUT2D eigenvalue weighted by molar-refractivity contribution is 6.10. The zero-order valence-corrected chi connectivity index (χ0v) is 11.7. The first-order valence-corrected chi connectivity index (χ1v) is 7.52. The molecule has 0 saturated carbocycles. The van der Waals surface area contributed by atoms with Gasteiger partial charge in [0.05, 0.1) is 5.52 Å². The van der Waals surface area contributed by atoms with E-state index in [0.717, 1.165) is 0 Å². The van der Waals surface area contributed by atoms with Gasteiger partial charge in [-0.25, -0.2) is 0 Å². The summed E-state index contributed by atoms with van der Waals surface area (Å²) in [5.74, 6) is 0. The first-order chi connectivity index (χ1) is 10.4. The van der Waals surface area contributed by atoms with E-state index < -0.39 is 0 Å². The van der Waals surface area contributed by atoms with Crippen molar-refractivity contribution in [1.82, 2.24) is 4.98 Å². The Bertz CT molecular complexity index is 977. The van der Waals surface area contributed by atoms with Gasteiger partial charge in [0.15, 0.2) is 0 Å². The molecule has 1 aliphatic carbocycles.